The molecule has 0 aromatic heterocycles. The van der Waals surface area contributed by atoms with Gasteiger partial charge in [0, 0.05) is 12.6 Å². The first-order chi connectivity index (χ1) is 5.79. The third-order valence-electron chi connectivity index (χ3n) is 1.62. The summed E-state index contributed by atoms with van der Waals surface area (Å²) in [7, 11) is 1.73. The molecule has 0 bridgehead atoms. The van der Waals surface area contributed by atoms with Crippen molar-refractivity contribution in [3.63, 3.8) is 0 Å². The van der Waals surface area contributed by atoms with Crippen LogP contribution in [0, 0.1) is 0 Å². The van der Waals surface area contributed by atoms with E-state index < -0.39 is 0 Å². The summed E-state index contributed by atoms with van der Waals surface area (Å²) in [5.74, 6) is 0. The molecule has 0 aliphatic heterocycles. The van der Waals surface area contributed by atoms with Crippen molar-refractivity contribution in [2.45, 2.75) is 0 Å². The Morgan fingerprint density at radius 2 is 2.33 bits per heavy atom. The summed E-state index contributed by atoms with van der Waals surface area (Å²) < 4.78 is 0. The molecule has 0 radical (unpaired) electrons. The van der Waals surface area contributed by atoms with Gasteiger partial charge in [-0.05, 0) is 6.08 Å². The molecule has 0 aromatic carbocycles. The summed E-state index contributed by atoms with van der Waals surface area (Å²) in [6.07, 6.45) is 9.31. The van der Waals surface area contributed by atoms with E-state index in [1.807, 2.05) is 24.3 Å². The monoisotopic (exact) mass is 160 g/mol. The number of nitrogens with two attached hydrogens (primary N) is 1. The van der Waals surface area contributed by atoms with Crippen LogP contribution in [0.5, 0.6) is 0 Å². The molecule has 0 unspecified atom stereocenters. The Labute approximate surface area is 72.5 Å². The molecule has 0 saturated heterocycles. The van der Waals surface area contributed by atoms with E-state index in [-0.39, 0.29) is 0 Å². The highest BCUT2D eigenvalue weighted by Gasteiger charge is 2.07. The third-order valence-corrected chi connectivity index (χ3v) is 1.62. The molecule has 1 rings (SSSR count). The summed E-state index contributed by atoms with van der Waals surface area (Å²) in [5, 5.41) is 0. The van der Waals surface area contributed by atoms with Crippen molar-refractivity contribution in [1.29, 1.82) is 0 Å². The smallest absolute Gasteiger partial charge is 0.0872 e. The average molecular weight is 160 g/mol. The number of nitrogens with zero attached hydrogens (tertiary/aromatic N) is 1. The summed E-state index contributed by atoms with van der Waals surface area (Å²) in [5.41, 5.74) is 8.25. The van der Waals surface area contributed by atoms with E-state index >= 15 is 0 Å². The topological polar surface area (TPSA) is 38.4 Å². The molecule has 2 N–H and O–H groups in total. The molecule has 0 aromatic rings. The maximum atomic E-state index is 5.71. The molecule has 0 spiro atoms. The minimum atomic E-state index is 0.702. The maximum Gasteiger partial charge on any atom is 0.0872 e. The number of aliphatic imine (C=N–C) groups is 1. The normalized spacial score (nSPS) is 22.9. The summed E-state index contributed by atoms with van der Waals surface area (Å²) >= 11 is 0. The average Bonchev–Trinajstić information content (AvgIpc) is 2.05. The Hall–Kier alpha value is -1.57. The Balaban J connectivity index is 3.09. The lowest BCUT2D eigenvalue weighted by Crippen LogP contribution is -2.15. The van der Waals surface area contributed by atoms with Gasteiger partial charge >= 0.3 is 0 Å². The predicted octanol–water partition coefficient (Wildman–Crippen LogP) is 1.58. The molecule has 0 atom stereocenters. The quantitative estimate of drug-likeness (QED) is 0.621. The van der Waals surface area contributed by atoms with Gasteiger partial charge in [0.1, 0.15) is 0 Å². The predicted molar refractivity (Wildman–Crippen MR) is 53.0 cm³/mol. The van der Waals surface area contributed by atoms with Gasteiger partial charge in [-0.2, -0.15) is 0 Å². The SMILES string of the molecule is C=C/C=C1/C=CC=C(N)C1=NC. The molecular weight excluding hydrogens is 148 g/mol. The van der Waals surface area contributed by atoms with Crippen LogP contribution in [-0.4, -0.2) is 12.8 Å². The van der Waals surface area contributed by atoms with Crippen LogP contribution in [0.2, 0.25) is 0 Å². The van der Waals surface area contributed by atoms with E-state index in [1.54, 1.807) is 13.1 Å². The molecule has 0 fully saturated rings. The van der Waals surface area contributed by atoms with E-state index in [1.165, 1.54) is 0 Å². The number of rotatable bonds is 1. The van der Waals surface area contributed by atoms with Gasteiger partial charge in [0.15, 0.2) is 0 Å². The van der Waals surface area contributed by atoms with Crippen molar-refractivity contribution in [1.82, 2.24) is 0 Å². The van der Waals surface area contributed by atoms with Gasteiger partial charge in [-0.1, -0.05) is 30.9 Å². The van der Waals surface area contributed by atoms with Crippen molar-refractivity contribution in [3.8, 4) is 0 Å². The van der Waals surface area contributed by atoms with Crippen LogP contribution < -0.4 is 5.73 Å². The highest BCUT2D eigenvalue weighted by atomic mass is 14.7. The van der Waals surface area contributed by atoms with Gasteiger partial charge in [-0.15, -0.1) is 0 Å². The lowest BCUT2D eigenvalue weighted by Gasteiger charge is -2.09. The molecule has 12 heavy (non-hydrogen) atoms. The van der Waals surface area contributed by atoms with E-state index in [4.69, 9.17) is 5.73 Å². The fraction of sp³-hybridized carbons (Fsp3) is 0.100. The largest absolute Gasteiger partial charge is 0.397 e. The highest BCUT2D eigenvalue weighted by molar-refractivity contribution is 6.14. The van der Waals surface area contributed by atoms with E-state index in [0.717, 1.165) is 11.3 Å². The van der Waals surface area contributed by atoms with Gasteiger partial charge in [0.2, 0.25) is 0 Å². The zero-order valence-corrected chi connectivity index (χ0v) is 7.12. The molecule has 0 saturated carbocycles. The Morgan fingerprint density at radius 3 is 2.92 bits per heavy atom. The number of hydrogen-bond acceptors (Lipinski definition) is 2. The molecule has 2 heteroatoms. The number of allylic oxidation sites excluding steroid dienone is 6. The van der Waals surface area contributed by atoms with Crippen molar-refractivity contribution >= 4 is 5.71 Å². The number of hydrogen-bond donors (Lipinski definition) is 1. The zero-order chi connectivity index (χ0) is 8.97. The van der Waals surface area contributed by atoms with Crippen LogP contribution in [0.15, 0.2) is 53.2 Å². The van der Waals surface area contributed by atoms with Crippen LogP contribution in [-0.2, 0) is 0 Å². The Bertz CT molecular complexity index is 301. The third kappa shape index (κ3) is 1.53. The van der Waals surface area contributed by atoms with Gasteiger partial charge in [0.25, 0.3) is 0 Å². The fourth-order valence-corrected chi connectivity index (χ4v) is 1.10. The molecule has 2 nitrogen and oxygen atoms in total. The van der Waals surface area contributed by atoms with Crippen LogP contribution >= 0.6 is 0 Å². The molecule has 1 aliphatic carbocycles. The second kappa shape index (κ2) is 3.72. The van der Waals surface area contributed by atoms with Crippen LogP contribution in [0.3, 0.4) is 0 Å². The van der Waals surface area contributed by atoms with E-state index in [2.05, 4.69) is 11.6 Å². The maximum absolute atomic E-state index is 5.71. The lowest BCUT2D eigenvalue weighted by molar-refractivity contribution is 1.36. The Kier molecular flexibility index (Phi) is 2.64. The molecular formula is C10H12N2. The second-order valence-corrected chi connectivity index (χ2v) is 2.41. The summed E-state index contributed by atoms with van der Waals surface area (Å²) in [6.45, 7) is 3.62. The van der Waals surface area contributed by atoms with Gasteiger partial charge < -0.3 is 5.73 Å². The molecule has 1 aliphatic rings. The summed E-state index contributed by atoms with van der Waals surface area (Å²) in [6, 6.07) is 0. The van der Waals surface area contributed by atoms with Gasteiger partial charge in [0.05, 0.1) is 11.4 Å². The first-order valence-electron chi connectivity index (χ1n) is 3.73. The van der Waals surface area contributed by atoms with Crippen LogP contribution in [0.1, 0.15) is 0 Å². The molecule has 62 valence electrons. The molecule has 0 amide bonds. The Morgan fingerprint density at radius 1 is 1.58 bits per heavy atom. The first-order valence-corrected chi connectivity index (χ1v) is 3.73. The van der Waals surface area contributed by atoms with Crippen molar-refractivity contribution in [2.75, 3.05) is 7.05 Å². The highest BCUT2D eigenvalue weighted by Crippen LogP contribution is 2.11. The zero-order valence-electron chi connectivity index (χ0n) is 7.12. The van der Waals surface area contributed by atoms with Crippen LogP contribution in [0.4, 0.5) is 0 Å². The van der Waals surface area contributed by atoms with E-state index in [0.29, 0.717) is 5.70 Å². The lowest BCUT2D eigenvalue weighted by atomic mass is 10.0. The van der Waals surface area contributed by atoms with Crippen molar-refractivity contribution < 1.29 is 0 Å². The minimum Gasteiger partial charge on any atom is -0.397 e. The summed E-state index contributed by atoms with van der Waals surface area (Å²) in [4.78, 5) is 4.08. The van der Waals surface area contributed by atoms with Crippen molar-refractivity contribution in [2.24, 2.45) is 10.7 Å². The van der Waals surface area contributed by atoms with E-state index in [9.17, 15) is 0 Å². The standard InChI is InChI=1S/C10H12N2/c1-3-5-8-6-4-7-9(11)10(8)12-2/h3-7H,1,11H2,2H3/b8-5-,12-10?. The molecule has 0 heterocycles. The van der Waals surface area contributed by atoms with Crippen LogP contribution in [0.25, 0.3) is 0 Å². The van der Waals surface area contributed by atoms with Gasteiger partial charge in [-0.3, -0.25) is 4.99 Å². The van der Waals surface area contributed by atoms with Gasteiger partial charge in [-0.25, -0.2) is 0 Å². The first kappa shape index (κ1) is 8.53. The fourth-order valence-electron chi connectivity index (χ4n) is 1.10. The van der Waals surface area contributed by atoms with Crippen molar-refractivity contribution in [3.05, 3.63) is 48.2 Å². The second-order valence-electron chi connectivity index (χ2n) is 2.41. The minimum absolute atomic E-state index is 0.702.